The number of nitrogens with zero attached hydrogens (tertiary/aromatic N) is 3. The summed E-state index contributed by atoms with van der Waals surface area (Å²) >= 11 is 0. The molecule has 0 saturated carbocycles. The number of carbonyl (C=O) groups excluding carboxylic acids is 2. The monoisotopic (exact) mass is 444 g/mol. The van der Waals surface area contributed by atoms with Crippen molar-refractivity contribution >= 4 is 23.1 Å². The lowest BCUT2D eigenvalue weighted by Crippen LogP contribution is -2.32. The quantitative estimate of drug-likeness (QED) is 0.616. The molecule has 0 radical (unpaired) electrons. The molecular formula is C26H28N4O3. The van der Waals surface area contributed by atoms with Gasteiger partial charge in [-0.3, -0.25) is 9.59 Å². The summed E-state index contributed by atoms with van der Waals surface area (Å²) in [5, 5.41) is 12.6. The third kappa shape index (κ3) is 6.45. The molecule has 1 aromatic heterocycles. The predicted octanol–water partition coefficient (Wildman–Crippen LogP) is 3.73. The molecule has 1 unspecified atom stereocenters. The van der Waals surface area contributed by atoms with Gasteiger partial charge in [0.15, 0.2) is 6.29 Å². The van der Waals surface area contributed by atoms with E-state index in [1.54, 1.807) is 24.3 Å². The van der Waals surface area contributed by atoms with Gasteiger partial charge in [0.1, 0.15) is 0 Å². The van der Waals surface area contributed by atoms with Crippen molar-refractivity contribution in [2.24, 2.45) is 0 Å². The first-order valence-electron chi connectivity index (χ1n) is 10.8. The highest BCUT2D eigenvalue weighted by atomic mass is 16.5. The lowest BCUT2D eigenvalue weighted by Gasteiger charge is -2.21. The average Bonchev–Trinajstić information content (AvgIpc) is 2.83. The molecule has 1 aliphatic heterocycles. The van der Waals surface area contributed by atoms with E-state index in [-0.39, 0.29) is 11.9 Å². The van der Waals surface area contributed by atoms with Crippen LogP contribution in [0.1, 0.15) is 41.4 Å². The van der Waals surface area contributed by atoms with E-state index in [0.29, 0.717) is 22.3 Å². The zero-order valence-electron chi connectivity index (χ0n) is 19.2. The van der Waals surface area contributed by atoms with E-state index in [1.165, 1.54) is 6.92 Å². The van der Waals surface area contributed by atoms with E-state index in [0.717, 1.165) is 49.1 Å². The van der Waals surface area contributed by atoms with Crippen LogP contribution < -0.4 is 5.32 Å². The zero-order chi connectivity index (χ0) is 23.8. The SMILES string of the molecule is CC(=O)NC(C)c1ccc(-c2cc(C=O)c3ccc(C#N)cc3n2)cc1.CN1CCOCC1. The van der Waals surface area contributed by atoms with Crippen LogP contribution in [0, 0.1) is 11.3 Å². The maximum Gasteiger partial charge on any atom is 0.217 e. The number of aldehydes is 1. The number of carbonyl (C=O) groups is 2. The second-order valence-electron chi connectivity index (χ2n) is 8.02. The second kappa shape index (κ2) is 11.3. The summed E-state index contributed by atoms with van der Waals surface area (Å²) in [4.78, 5) is 29.5. The molecule has 0 spiro atoms. The lowest BCUT2D eigenvalue weighted by molar-refractivity contribution is -0.119. The van der Waals surface area contributed by atoms with Crippen LogP contribution in [0.2, 0.25) is 0 Å². The van der Waals surface area contributed by atoms with Gasteiger partial charge in [-0.15, -0.1) is 0 Å². The molecule has 1 aliphatic rings. The number of nitriles is 1. The number of morpholine rings is 1. The van der Waals surface area contributed by atoms with Gasteiger partial charge in [0.2, 0.25) is 5.91 Å². The van der Waals surface area contributed by atoms with Crippen LogP contribution in [0.15, 0.2) is 48.5 Å². The first kappa shape index (κ1) is 24.1. The summed E-state index contributed by atoms with van der Waals surface area (Å²) in [7, 11) is 2.11. The van der Waals surface area contributed by atoms with Gasteiger partial charge in [0, 0.05) is 36.5 Å². The zero-order valence-corrected chi connectivity index (χ0v) is 19.2. The summed E-state index contributed by atoms with van der Waals surface area (Å²) in [6.45, 7) is 7.42. The van der Waals surface area contributed by atoms with Gasteiger partial charge >= 0.3 is 0 Å². The fourth-order valence-corrected chi connectivity index (χ4v) is 3.56. The molecule has 2 aromatic carbocycles. The van der Waals surface area contributed by atoms with Gasteiger partial charge in [-0.25, -0.2) is 4.98 Å². The number of hydrogen-bond donors (Lipinski definition) is 1. The van der Waals surface area contributed by atoms with Crippen molar-refractivity contribution in [3.63, 3.8) is 0 Å². The van der Waals surface area contributed by atoms with Crippen molar-refractivity contribution in [2.75, 3.05) is 33.4 Å². The summed E-state index contributed by atoms with van der Waals surface area (Å²) in [6, 6.07) is 16.5. The van der Waals surface area contributed by atoms with Crippen LogP contribution in [0.5, 0.6) is 0 Å². The molecule has 2 heterocycles. The second-order valence-corrected chi connectivity index (χ2v) is 8.02. The largest absolute Gasteiger partial charge is 0.379 e. The molecule has 170 valence electrons. The molecule has 1 saturated heterocycles. The van der Waals surface area contributed by atoms with Crippen molar-refractivity contribution < 1.29 is 14.3 Å². The topological polar surface area (TPSA) is 95.3 Å². The van der Waals surface area contributed by atoms with Crippen LogP contribution in [-0.4, -0.2) is 55.4 Å². The molecule has 7 heteroatoms. The van der Waals surface area contributed by atoms with Crippen LogP contribution >= 0.6 is 0 Å². The molecule has 1 N–H and O–H groups in total. The fourth-order valence-electron chi connectivity index (χ4n) is 3.56. The lowest BCUT2D eigenvalue weighted by atomic mass is 10.0. The number of likely N-dealkylation sites (N-methyl/N-ethyl adjacent to an activating group) is 1. The molecule has 1 amide bonds. The maximum absolute atomic E-state index is 11.5. The first-order valence-corrected chi connectivity index (χ1v) is 10.8. The van der Waals surface area contributed by atoms with Crippen molar-refractivity contribution in [3.8, 4) is 17.3 Å². The number of fused-ring (bicyclic) bond motifs is 1. The number of benzene rings is 2. The van der Waals surface area contributed by atoms with Crippen molar-refractivity contribution in [2.45, 2.75) is 19.9 Å². The van der Waals surface area contributed by atoms with Crippen LogP contribution in [-0.2, 0) is 9.53 Å². The molecule has 7 nitrogen and oxygen atoms in total. The van der Waals surface area contributed by atoms with Gasteiger partial charge in [-0.1, -0.05) is 30.3 Å². The molecule has 1 atom stereocenters. The minimum absolute atomic E-state index is 0.0818. The summed E-state index contributed by atoms with van der Waals surface area (Å²) in [5.41, 5.74) is 4.14. The van der Waals surface area contributed by atoms with E-state index in [9.17, 15) is 9.59 Å². The third-order valence-corrected chi connectivity index (χ3v) is 5.46. The Kier molecular flexibility index (Phi) is 8.25. The Morgan fingerprint density at radius 1 is 1.18 bits per heavy atom. The normalized spacial score (nSPS) is 14.5. The fraction of sp³-hybridized carbons (Fsp3) is 0.308. The number of pyridine rings is 1. The van der Waals surface area contributed by atoms with Crippen LogP contribution in [0.3, 0.4) is 0 Å². The minimum Gasteiger partial charge on any atom is -0.379 e. The number of nitrogens with one attached hydrogen (secondary N) is 1. The standard InChI is InChI=1S/C21H17N3O2.C5H11NO/c1-13(23-14(2)26)16-4-6-17(7-5-16)20-10-18(12-25)19-8-3-15(11-22)9-21(19)24-20;1-6-2-4-7-5-3-6/h3-10,12-13H,1-2H3,(H,23,26);2-5H2,1H3. The highest BCUT2D eigenvalue weighted by molar-refractivity contribution is 5.98. The van der Waals surface area contributed by atoms with Gasteiger partial charge in [0.05, 0.1) is 42.1 Å². The number of rotatable bonds is 4. The molecular weight excluding hydrogens is 416 g/mol. The van der Waals surface area contributed by atoms with Crippen LogP contribution in [0.25, 0.3) is 22.2 Å². The first-order chi connectivity index (χ1) is 15.9. The number of aromatic nitrogens is 1. The van der Waals surface area contributed by atoms with E-state index >= 15 is 0 Å². The predicted molar refractivity (Wildman–Crippen MR) is 128 cm³/mol. The summed E-state index contributed by atoms with van der Waals surface area (Å²) in [6.07, 6.45) is 0.798. The van der Waals surface area contributed by atoms with E-state index in [1.807, 2.05) is 31.2 Å². The molecule has 0 aliphatic carbocycles. The maximum atomic E-state index is 11.5. The Hall–Kier alpha value is -3.60. The molecule has 0 bridgehead atoms. The van der Waals surface area contributed by atoms with Crippen LogP contribution in [0.4, 0.5) is 0 Å². The number of ether oxygens (including phenoxy) is 1. The minimum atomic E-state index is -0.0881. The Bertz CT molecular complexity index is 1160. The highest BCUT2D eigenvalue weighted by Crippen LogP contribution is 2.26. The number of amides is 1. The van der Waals surface area contributed by atoms with E-state index < -0.39 is 0 Å². The molecule has 1 fully saturated rings. The number of hydrogen-bond acceptors (Lipinski definition) is 6. The highest BCUT2D eigenvalue weighted by Gasteiger charge is 2.10. The Balaban J connectivity index is 0.000000374. The van der Waals surface area contributed by atoms with Gasteiger partial charge in [0.25, 0.3) is 0 Å². The van der Waals surface area contributed by atoms with Crippen molar-refractivity contribution in [1.82, 2.24) is 15.2 Å². The average molecular weight is 445 g/mol. The molecule has 4 rings (SSSR count). The summed E-state index contributed by atoms with van der Waals surface area (Å²) in [5.74, 6) is -0.0818. The Morgan fingerprint density at radius 2 is 1.88 bits per heavy atom. The van der Waals surface area contributed by atoms with Crippen molar-refractivity contribution in [3.05, 3.63) is 65.2 Å². The molecule has 33 heavy (non-hydrogen) atoms. The third-order valence-electron chi connectivity index (χ3n) is 5.46. The van der Waals surface area contributed by atoms with Gasteiger partial charge in [-0.2, -0.15) is 5.26 Å². The van der Waals surface area contributed by atoms with Gasteiger partial charge in [-0.05, 0) is 37.7 Å². The van der Waals surface area contributed by atoms with Gasteiger partial charge < -0.3 is 15.0 Å². The van der Waals surface area contributed by atoms with E-state index in [2.05, 4.69) is 28.3 Å². The Morgan fingerprint density at radius 3 is 2.42 bits per heavy atom. The smallest absolute Gasteiger partial charge is 0.217 e. The van der Waals surface area contributed by atoms with E-state index in [4.69, 9.17) is 10.00 Å². The Labute approximate surface area is 194 Å². The van der Waals surface area contributed by atoms with Crippen molar-refractivity contribution in [1.29, 1.82) is 5.26 Å². The summed E-state index contributed by atoms with van der Waals surface area (Å²) < 4.78 is 5.10. The molecule has 3 aromatic rings.